The van der Waals surface area contributed by atoms with Crippen LogP contribution in [0.4, 0.5) is 17.6 Å². The van der Waals surface area contributed by atoms with Crippen LogP contribution >= 0.6 is 11.6 Å². The molecular weight excluding hydrogens is 504 g/mol. The standard InChI is InChI=1S/C23H21ClF4N6O2/c1-13-5-3-4-6-17(13)34-20(14(2)25)29-19(30-34)12-33-22(36)32(11-18(35)23(26,27)28)21(31-33)15-7-9-16(24)10-8-15/h3-10,14,18,35H,11-12H2,1-2H3. The maximum atomic E-state index is 14.4. The van der Waals surface area contributed by atoms with Crippen LogP contribution in [0.2, 0.25) is 5.02 Å². The molecule has 2 heterocycles. The number of hydrogen-bond acceptors (Lipinski definition) is 5. The lowest BCUT2D eigenvalue weighted by Crippen LogP contribution is -2.37. The second-order valence-corrected chi connectivity index (χ2v) is 8.58. The summed E-state index contributed by atoms with van der Waals surface area (Å²) in [6.45, 7) is 1.70. The number of aliphatic hydroxyl groups excluding tert-OH is 1. The molecule has 4 aromatic rings. The molecule has 190 valence electrons. The molecule has 8 nitrogen and oxygen atoms in total. The zero-order chi connectivity index (χ0) is 26.2. The predicted octanol–water partition coefficient (Wildman–Crippen LogP) is 4.26. The van der Waals surface area contributed by atoms with Gasteiger partial charge in [0, 0.05) is 10.6 Å². The van der Waals surface area contributed by atoms with E-state index >= 15 is 0 Å². The molecule has 0 saturated heterocycles. The fourth-order valence-electron chi connectivity index (χ4n) is 3.60. The normalized spacial score (nSPS) is 13.7. The Balaban J connectivity index is 1.78. The van der Waals surface area contributed by atoms with Crippen molar-refractivity contribution >= 4 is 11.6 Å². The number of aliphatic hydroxyl groups is 1. The van der Waals surface area contributed by atoms with Crippen LogP contribution in [0, 0.1) is 6.92 Å². The van der Waals surface area contributed by atoms with Crippen LogP contribution < -0.4 is 5.69 Å². The van der Waals surface area contributed by atoms with Crippen molar-refractivity contribution < 1.29 is 22.7 Å². The lowest BCUT2D eigenvalue weighted by molar-refractivity contribution is -0.207. The van der Waals surface area contributed by atoms with E-state index in [-0.39, 0.29) is 24.0 Å². The number of para-hydroxylation sites is 1. The van der Waals surface area contributed by atoms with Gasteiger partial charge in [0.25, 0.3) is 0 Å². The lowest BCUT2D eigenvalue weighted by Gasteiger charge is -2.15. The summed E-state index contributed by atoms with van der Waals surface area (Å²) in [5.41, 5.74) is 0.777. The first-order valence-electron chi connectivity index (χ1n) is 10.8. The Kier molecular flexibility index (Phi) is 7.01. The number of aryl methyl sites for hydroxylation is 1. The summed E-state index contributed by atoms with van der Waals surface area (Å²) in [6.07, 6.45) is -9.23. The van der Waals surface area contributed by atoms with Crippen LogP contribution in [-0.2, 0) is 13.1 Å². The molecule has 36 heavy (non-hydrogen) atoms. The Labute approximate surface area is 207 Å². The van der Waals surface area contributed by atoms with Crippen LogP contribution in [0.1, 0.15) is 30.3 Å². The maximum Gasteiger partial charge on any atom is 0.416 e. The smallest absolute Gasteiger partial charge is 0.382 e. The van der Waals surface area contributed by atoms with E-state index in [1.165, 1.54) is 35.9 Å². The summed E-state index contributed by atoms with van der Waals surface area (Å²) in [7, 11) is 0. The first kappa shape index (κ1) is 25.6. The van der Waals surface area contributed by atoms with E-state index in [9.17, 15) is 27.5 Å². The second-order valence-electron chi connectivity index (χ2n) is 8.14. The van der Waals surface area contributed by atoms with Crippen LogP contribution in [0.5, 0.6) is 0 Å². The van der Waals surface area contributed by atoms with Gasteiger partial charge in [-0.05, 0) is 49.7 Å². The average molecular weight is 525 g/mol. The predicted molar refractivity (Wildman–Crippen MR) is 124 cm³/mol. The molecule has 2 aromatic carbocycles. The van der Waals surface area contributed by atoms with E-state index in [0.29, 0.717) is 16.3 Å². The van der Waals surface area contributed by atoms with Crippen molar-refractivity contribution in [3.05, 3.63) is 81.3 Å². The fraction of sp³-hybridized carbons (Fsp3) is 0.304. The Bertz CT molecular complexity index is 1430. The fourth-order valence-corrected chi connectivity index (χ4v) is 3.73. The molecule has 0 saturated carbocycles. The topological polar surface area (TPSA) is 90.8 Å². The molecule has 0 radical (unpaired) electrons. The number of aromatic nitrogens is 6. The van der Waals surface area contributed by atoms with E-state index in [2.05, 4.69) is 15.2 Å². The van der Waals surface area contributed by atoms with Crippen molar-refractivity contribution in [3.8, 4) is 17.1 Å². The summed E-state index contributed by atoms with van der Waals surface area (Å²) >= 11 is 5.90. The lowest BCUT2D eigenvalue weighted by atomic mass is 10.2. The van der Waals surface area contributed by atoms with Gasteiger partial charge in [-0.1, -0.05) is 29.8 Å². The molecule has 0 aliphatic heterocycles. The Morgan fingerprint density at radius 3 is 2.36 bits per heavy atom. The van der Waals surface area contributed by atoms with Crippen molar-refractivity contribution in [1.82, 2.24) is 29.1 Å². The van der Waals surface area contributed by atoms with Gasteiger partial charge in [-0.25, -0.2) is 23.5 Å². The Hall–Kier alpha value is -3.51. The van der Waals surface area contributed by atoms with Gasteiger partial charge in [-0.3, -0.25) is 4.57 Å². The van der Waals surface area contributed by atoms with Crippen molar-refractivity contribution in [2.75, 3.05) is 0 Å². The summed E-state index contributed by atoms with van der Waals surface area (Å²) in [5.74, 6) is -0.0851. The van der Waals surface area contributed by atoms with E-state index in [4.69, 9.17) is 11.6 Å². The monoisotopic (exact) mass is 524 g/mol. The van der Waals surface area contributed by atoms with Crippen molar-refractivity contribution in [2.24, 2.45) is 0 Å². The molecule has 0 amide bonds. The van der Waals surface area contributed by atoms with Gasteiger partial charge in [0.05, 0.1) is 12.2 Å². The molecule has 0 aliphatic rings. The van der Waals surface area contributed by atoms with E-state index < -0.39 is 30.7 Å². The van der Waals surface area contributed by atoms with Crippen LogP contribution in [0.3, 0.4) is 0 Å². The van der Waals surface area contributed by atoms with Crippen molar-refractivity contribution in [3.63, 3.8) is 0 Å². The van der Waals surface area contributed by atoms with Gasteiger partial charge in [0.2, 0.25) is 0 Å². The molecule has 4 rings (SSSR count). The zero-order valence-electron chi connectivity index (χ0n) is 19.1. The molecule has 0 bridgehead atoms. The van der Waals surface area contributed by atoms with Crippen LogP contribution in [0.25, 0.3) is 17.1 Å². The van der Waals surface area contributed by atoms with Crippen LogP contribution in [0.15, 0.2) is 53.3 Å². The molecule has 0 aliphatic carbocycles. The molecule has 1 N–H and O–H groups in total. The number of nitrogens with zero attached hydrogens (tertiary/aromatic N) is 6. The summed E-state index contributed by atoms with van der Waals surface area (Å²) in [4.78, 5) is 17.3. The third-order valence-electron chi connectivity index (χ3n) is 5.43. The highest BCUT2D eigenvalue weighted by atomic mass is 35.5. The number of benzene rings is 2. The first-order valence-corrected chi connectivity index (χ1v) is 11.2. The number of halogens is 5. The SMILES string of the molecule is Cc1ccccc1-n1nc(Cn2nc(-c3ccc(Cl)cc3)n(CC(O)C(F)(F)F)c2=O)nc1C(C)F. The third-order valence-corrected chi connectivity index (χ3v) is 5.68. The van der Waals surface area contributed by atoms with Gasteiger partial charge in [0.1, 0.15) is 6.54 Å². The molecule has 2 unspecified atom stereocenters. The minimum atomic E-state index is -4.95. The van der Waals surface area contributed by atoms with Gasteiger partial charge >= 0.3 is 11.9 Å². The molecule has 2 atom stereocenters. The van der Waals surface area contributed by atoms with E-state index in [1.807, 2.05) is 19.1 Å². The Morgan fingerprint density at radius 1 is 1.08 bits per heavy atom. The largest absolute Gasteiger partial charge is 0.416 e. The zero-order valence-corrected chi connectivity index (χ0v) is 19.9. The van der Waals surface area contributed by atoms with Crippen molar-refractivity contribution in [2.45, 2.75) is 45.4 Å². The molecule has 2 aromatic heterocycles. The maximum absolute atomic E-state index is 14.4. The average Bonchev–Trinajstić information content (AvgIpc) is 3.36. The minimum absolute atomic E-state index is 0.00259. The number of alkyl halides is 4. The minimum Gasteiger partial charge on any atom is -0.382 e. The van der Waals surface area contributed by atoms with Gasteiger partial charge < -0.3 is 5.11 Å². The Morgan fingerprint density at radius 2 is 1.75 bits per heavy atom. The molecule has 13 heteroatoms. The van der Waals surface area contributed by atoms with Crippen molar-refractivity contribution in [1.29, 1.82) is 0 Å². The first-order chi connectivity index (χ1) is 17.0. The molecular formula is C23H21ClF4N6O2. The molecule has 0 fully saturated rings. The number of hydrogen-bond donors (Lipinski definition) is 1. The summed E-state index contributed by atoms with van der Waals surface area (Å²) < 4.78 is 56.4. The van der Waals surface area contributed by atoms with E-state index in [1.54, 1.807) is 12.1 Å². The van der Waals surface area contributed by atoms with Gasteiger partial charge in [-0.2, -0.15) is 13.2 Å². The quantitative estimate of drug-likeness (QED) is 0.365. The second kappa shape index (κ2) is 9.86. The highest BCUT2D eigenvalue weighted by molar-refractivity contribution is 6.30. The number of rotatable bonds is 7. The third kappa shape index (κ3) is 5.19. The highest BCUT2D eigenvalue weighted by Gasteiger charge is 2.39. The highest BCUT2D eigenvalue weighted by Crippen LogP contribution is 2.25. The summed E-state index contributed by atoms with van der Waals surface area (Å²) in [6, 6.07) is 13.1. The summed E-state index contributed by atoms with van der Waals surface area (Å²) in [5, 5.41) is 18.5. The van der Waals surface area contributed by atoms with Gasteiger partial charge in [0.15, 0.2) is 29.7 Å². The van der Waals surface area contributed by atoms with Crippen LogP contribution in [-0.4, -0.2) is 46.5 Å². The van der Waals surface area contributed by atoms with E-state index in [0.717, 1.165) is 14.8 Å². The molecule has 0 spiro atoms. The van der Waals surface area contributed by atoms with Gasteiger partial charge in [-0.15, -0.1) is 10.2 Å².